The molecule has 1 saturated heterocycles. The fraction of sp³-hybridized carbons (Fsp3) is 0.208. The van der Waals surface area contributed by atoms with Crippen LogP contribution in [0.5, 0.6) is 0 Å². The van der Waals surface area contributed by atoms with E-state index in [1.165, 1.54) is 0 Å². The molecular formula is C24H23N5. The molecule has 5 nitrogen and oxygen atoms in total. The number of aromatic nitrogens is 4. The van der Waals surface area contributed by atoms with Crippen LogP contribution in [0.1, 0.15) is 41.4 Å². The fourth-order valence-corrected chi connectivity index (χ4v) is 4.46. The predicted molar refractivity (Wildman–Crippen MR) is 112 cm³/mol. The van der Waals surface area contributed by atoms with Crippen molar-refractivity contribution >= 4 is 0 Å². The molecular weight excluding hydrogens is 358 g/mol. The normalized spacial score (nSPS) is 16.8. The van der Waals surface area contributed by atoms with E-state index in [2.05, 4.69) is 93.6 Å². The average Bonchev–Trinajstić information content (AvgIpc) is 3.49. The van der Waals surface area contributed by atoms with E-state index in [9.17, 15) is 0 Å². The van der Waals surface area contributed by atoms with Gasteiger partial charge < -0.3 is 5.32 Å². The third-order valence-corrected chi connectivity index (χ3v) is 5.76. The van der Waals surface area contributed by atoms with Crippen molar-refractivity contribution in [1.82, 2.24) is 25.5 Å². The molecule has 0 saturated carbocycles. The summed E-state index contributed by atoms with van der Waals surface area (Å²) in [6.07, 6.45) is 2.17. The summed E-state index contributed by atoms with van der Waals surface area (Å²) < 4.78 is 2.02. The lowest BCUT2D eigenvalue weighted by Crippen LogP contribution is -2.41. The minimum absolute atomic E-state index is 0.153. The van der Waals surface area contributed by atoms with Gasteiger partial charge in [-0.2, -0.15) is 0 Å². The summed E-state index contributed by atoms with van der Waals surface area (Å²) in [7, 11) is 0. The second-order valence-electron chi connectivity index (χ2n) is 7.41. The Morgan fingerprint density at radius 1 is 0.759 bits per heavy atom. The molecule has 5 heteroatoms. The summed E-state index contributed by atoms with van der Waals surface area (Å²) in [6.45, 7) is 0.993. The summed E-state index contributed by atoms with van der Waals surface area (Å²) in [4.78, 5) is 0. The van der Waals surface area contributed by atoms with E-state index in [0.29, 0.717) is 0 Å². The molecule has 1 unspecified atom stereocenters. The summed E-state index contributed by atoms with van der Waals surface area (Å²) in [5.41, 5.74) is 2.73. The van der Waals surface area contributed by atoms with Crippen LogP contribution in [0.4, 0.5) is 0 Å². The van der Waals surface area contributed by atoms with Crippen LogP contribution in [0.25, 0.3) is 0 Å². The second-order valence-corrected chi connectivity index (χ2v) is 7.41. The Morgan fingerprint density at radius 3 is 1.72 bits per heavy atom. The molecule has 2 heterocycles. The van der Waals surface area contributed by atoms with E-state index in [1.54, 1.807) is 0 Å². The lowest BCUT2D eigenvalue weighted by molar-refractivity contribution is 0.408. The largest absolute Gasteiger partial charge is 0.307 e. The summed E-state index contributed by atoms with van der Waals surface area (Å²) in [5, 5.41) is 16.8. The Kier molecular flexibility index (Phi) is 4.66. The van der Waals surface area contributed by atoms with Crippen LogP contribution in [-0.4, -0.2) is 26.8 Å². The van der Waals surface area contributed by atoms with Gasteiger partial charge in [-0.25, -0.2) is 4.68 Å². The molecule has 0 aliphatic carbocycles. The number of tetrazole rings is 1. The predicted octanol–water partition coefficient (Wildman–Crippen LogP) is 3.94. The first-order valence-electron chi connectivity index (χ1n) is 10.1. The lowest BCUT2D eigenvalue weighted by atomic mass is 9.77. The van der Waals surface area contributed by atoms with Crippen LogP contribution >= 0.6 is 0 Å². The van der Waals surface area contributed by atoms with Crippen molar-refractivity contribution in [2.45, 2.75) is 24.4 Å². The highest BCUT2D eigenvalue weighted by molar-refractivity contribution is 5.50. The van der Waals surface area contributed by atoms with Crippen LogP contribution in [0.15, 0.2) is 91.0 Å². The molecule has 1 aromatic heterocycles. The third-order valence-electron chi connectivity index (χ3n) is 5.76. The van der Waals surface area contributed by atoms with E-state index in [4.69, 9.17) is 0 Å². The van der Waals surface area contributed by atoms with Crippen molar-refractivity contribution in [2.24, 2.45) is 0 Å². The molecule has 0 bridgehead atoms. The summed E-state index contributed by atoms with van der Waals surface area (Å²) >= 11 is 0. The molecule has 1 fully saturated rings. The molecule has 29 heavy (non-hydrogen) atoms. The van der Waals surface area contributed by atoms with Gasteiger partial charge in [-0.3, -0.25) is 0 Å². The average molecular weight is 381 g/mol. The van der Waals surface area contributed by atoms with Crippen LogP contribution in [0.3, 0.4) is 0 Å². The van der Waals surface area contributed by atoms with Gasteiger partial charge in [-0.15, -0.1) is 5.10 Å². The highest BCUT2D eigenvalue weighted by Gasteiger charge is 2.42. The van der Waals surface area contributed by atoms with Gasteiger partial charge in [-0.05, 0) is 46.5 Å². The smallest absolute Gasteiger partial charge is 0.170 e. The maximum absolute atomic E-state index is 4.58. The van der Waals surface area contributed by atoms with E-state index >= 15 is 0 Å². The molecule has 5 rings (SSSR count). The summed E-state index contributed by atoms with van der Waals surface area (Å²) in [6, 6.07) is 31.7. The van der Waals surface area contributed by atoms with Crippen molar-refractivity contribution in [2.75, 3.05) is 6.54 Å². The van der Waals surface area contributed by atoms with Gasteiger partial charge in [0.1, 0.15) is 5.54 Å². The minimum Gasteiger partial charge on any atom is -0.307 e. The van der Waals surface area contributed by atoms with Gasteiger partial charge >= 0.3 is 0 Å². The maximum atomic E-state index is 4.58. The monoisotopic (exact) mass is 381 g/mol. The van der Waals surface area contributed by atoms with Crippen molar-refractivity contribution in [3.63, 3.8) is 0 Å². The van der Waals surface area contributed by atoms with E-state index in [-0.39, 0.29) is 6.04 Å². The van der Waals surface area contributed by atoms with E-state index < -0.39 is 5.54 Å². The maximum Gasteiger partial charge on any atom is 0.170 e. The highest BCUT2D eigenvalue weighted by atomic mass is 15.6. The summed E-state index contributed by atoms with van der Waals surface area (Å²) in [5.74, 6) is 0.874. The van der Waals surface area contributed by atoms with Gasteiger partial charge in [0, 0.05) is 0 Å². The Balaban J connectivity index is 1.86. The molecule has 1 aliphatic rings. The highest BCUT2D eigenvalue weighted by Crippen LogP contribution is 2.41. The van der Waals surface area contributed by atoms with Gasteiger partial charge in [0.2, 0.25) is 0 Å². The zero-order valence-electron chi connectivity index (χ0n) is 16.1. The first kappa shape index (κ1) is 17.8. The van der Waals surface area contributed by atoms with Crippen LogP contribution in [0.2, 0.25) is 0 Å². The third kappa shape index (κ3) is 2.95. The molecule has 1 N–H and O–H groups in total. The zero-order valence-corrected chi connectivity index (χ0v) is 16.1. The molecule has 0 spiro atoms. The van der Waals surface area contributed by atoms with Crippen molar-refractivity contribution in [3.05, 3.63) is 114 Å². The number of rotatable bonds is 5. The van der Waals surface area contributed by atoms with Gasteiger partial charge in [0.15, 0.2) is 5.82 Å². The molecule has 0 radical (unpaired) electrons. The molecule has 1 atom stereocenters. The molecule has 1 aliphatic heterocycles. The molecule has 144 valence electrons. The molecule has 0 amide bonds. The Bertz CT molecular complexity index is 957. The van der Waals surface area contributed by atoms with Crippen molar-refractivity contribution < 1.29 is 0 Å². The first-order chi connectivity index (χ1) is 14.4. The number of hydrogen-bond acceptors (Lipinski definition) is 4. The van der Waals surface area contributed by atoms with Crippen LogP contribution < -0.4 is 5.32 Å². The molecule has 4 aromatic rings. The second kappa shape index (κ2) is 7.60. The quantitative estimate of drug-likeness (QED) is 0.532. The molecule has 3 aromatic carbocycles. The van der Waals surface area contributed by atoms with Crippen LogP contribution in [-0.2, 0) is 5.54 Å². The number of benzene rings is 3. The van der Waals surface area contributed by atoms with Gasteiger partial charge in [-0.1, -0.05) is 91.0 Å². The first-order valence-corrected chi connectivity index (χ1v) is 10.1. The lowest BCUT2D eigenvalue weighted by Gasteiger charge is -2.37. The standard InChI is InChI=1S/C24H23N5/c1-4-11-19(12-5-1)24(20-13-6-2-7-14-20,21-15-8-3-9-16-21)29-23(26-27-28-29)22-17-10-18-25-22/h1-9,11-16,22,25H,10,17-18H2. The minimum atomic E-state index is -0.660. The van der Waals surface area contributed by atoms with E-state index in [0.717, 1.165) is 41.9 Å². The number of nitrogens with zero attached hydrogens (tertiary/aromatic N) is 4. The van der Waals surface area contributed by atoms with Crippen molar-refractivity contribution in [3.8, 4) is 0 Å². The SMILES string of the molecule is c1ccc(C(c2ccccc2)(c2ccccc2)n2nnnc2C2CCCN2)cc1. The zero-order chi connectivity index (χ0) is 19.5. The fourth-order valence-electron chi connectivity index (χ4n) is 4.46. The van der Waals surface area contributed by atoms with Crippen LogP contribution in [0, 0.1) is 0 Å². The topological polar surface area (TPSA) is 55.6 Å². The van der Waals surface area contributed by atoms with E-state index in [1.807, 2.05) is 22.9 Å². The number of hydrogen-bond donors (Lipinski definition) is 1. The number of nitrogens with one attached hydrogen (secondary N) is 1. The Labute approximate surface area is 170 Å². The van der Waals surface area contributed by atoms with Gasteiger partial charge in [0.05, 0.1) is 6.04 Å². The Morgan fingerprint density at radius 2 is 1.28 bits per heavy atom. The van der Waals surface area contributed by atoms with Gasteiger partial charge in [0.25, 0.3) is 0 Å². The van der Waals surface area contributed by atoms with Crippen molar-refractivity contribution in [1.29, 1.82) is 0 Å². The Hall–Kier alpha value is -3.31.